The maximum atomic E-state index is 12.7. The Balaban J connectivity index is 1.61. The van der Waals surface area contributed by atoms with Gasteiger partial charge in [-0.1, -0.05) is 25.5 Å². The van der Waals surface area contributed by atoms with Crippen LogP contribution in [0.5, 0.6) is 0 Å². The average molecular weight is 410 g/mol. The standard InChI is InChI=1S/C19H27N3O5S/c1-2-3-14-28(25,26)21-10-8-15(9-11-21)18(23)20-16-6-4-5-7-17(16)22-12-13-27-19(22)24/h4-7,15H,2-3,8-14H2,1H3,(H,20,23). The van der Waals surface area contributed by atoms with E-state index in [1.807, 2.05) is 6.92 Å². The molecule has 1 N–H and O–H groups in total. The van der Waals surface area contributed by atoms with Crippen molar-refractivity contribution in [2.45, 2.75) is 32.6 Å². The van der Waals surface area contributed by atoms with Crippen LogP contribution in [0.4, 0.5) is 16.2 Å². The van der Waals surface area contributed by atoms with Gasteiger partial charge in [0.1, 0.15) is 6.61 Å². The van der Waals surface area contributed by atoms with E-state index < -0.39 is 16.1 Å². The Morgan fingerprint density at radius 3 is 2.57 bits per heavy atom. The van der Waals surface area contributed by atoms with Gasteiger partial charge in [-0.25, -0.2) is 17.5 Å². The zero-order valence-corrected chi connectivity index (χ0v) is 16.9. The number of ether oxygens (including phenoxy) is 1. The lowest BCUT2D eigenvalue weighted by Crippen LogP contribution is -2.42. The smallest absolute Gasteiger partial charge is 0.414 e. The first-order valence-electron chi connectivity index (χ1n) is 9.74. The molecule has 2 fully saturated rings. The minimum Gasteiger partial charge on any atom is -0.447 e. The number of cyclic esters (lactones) is 1. The summed E-state index contributed by atoms with van der Waals surface area (Å²) in [6.45, 7) is 3.46. The maximum Gasteiger partial charge on any atom is 0.414 e. The van der Waals surface area contributed by atoms with Gasteiger partial charge in [-0.3, -0.25) is 9.69 Å². The monoisotopic (exact) mass is 409 g/mol. The summed E-state index contributed by atoms with van der Waals surface area (Å²) >= 11 is 0. The number of unbranched alkanes of at least 4 members (excludes halogenated alkanes) is 1. The Morgan fingerprint density at radius 2 is 1.93 bits per heavy atom. The molecule has 154 valence electrons. The van der Waals surface area contributed by atoms with Crippen LogP contribution in [0.15, 0.2) is 24.3 Å². The van der Waals surface area contributed by atoms with E-state index in [-0.39, 0.29) is 17.6 Å². The van der Waals surface area contributed by atoms with Crippen molar-refractivity contribution in [1.82, 2.24) is 4.31 Å². The second-order valence-corrected chi connectivity index (χ2v) is 9.20. The summed E-state index contributed by atoms with van der Waals surface area (Å²) in [4.78, 5) is 26.1. The van der Waals surface area contributed by atoms with Gasteiger partial charge < -0.3 is 10.1 Å². The van der Waals surface area contributed by atoms with Crippen molar-refractivity contribution in [1.29, 1.82) is 0 Å². The van der Waals surface area contributed by atoms with Crippen LogP contribution in [0, 0.1) is 5.92 Å². The molecule has 2 aliphatic rings. The number of rotatable bonds is 7. The van der Waals surface area contributed by atoms with Crippen LogP contribution < -0.4 is 10.2 Å². The van der Waals surface area contributed by atoms with Crippen molar-refractivity contribution in [3.05, 3.63) is 24.3 Å². The second kappa shape index (κ2) is 8.91. The Labute approximate surface area is 165 Å². The molecule has 0 atom stereocenters. The van der Waals surface area contributed by atoms with E-state index in [4.69, 9.17) is 4.74 Å². The van der Waals surface area contributed by atoms with Crippen LogP contribution in [-0.4, -0.2) is 56.7 Å². The zero-order chi connectivity index (χ0) is 20.1. The molecule has 0 aliphatic carbocycles. The average Bonchev–Trinajstić information content (AvgIpc) is 3.12. The third-order valence-electron chi connectivity index (χ3n) is 5.19. The van der Waals surface area contributed by atoms with Crippen molar-refractivity contribution >= 4 is 33.4 Å². The molecule has 1 aromatic rings. The number of nitrogens with one attached hydrogen (secondary N) is 1. The van der Waals surface area contributed by atoms with Crippen molar-refractivity contribution < 1.29 is 22.7 Å². The molecule has 2 amide bonds. The quantitative estimate of drug-likeness (QED) is 0.746. The molecule has 0 unspecified atom stereocenters. The fraction of sp³-hybridized carbons (Fsp3) is 0.579. The number of sulfonamides is 1. The maximum absolute atomic E-state index is 12.7. The number of nitrogens with zero attached hydrogens (tertiary/aromatic N) is 2. The van der Waals surface area contributed by atoms with Crippen LogP contribution in [0.2, 0.25) is 0 Å². The molecule has 3 rings (SSSR count). The van der Waals surface area contributed by atoms with E-state index in [2.05, 4.69) is 5.32 Å². The number of piperidine rings is 1. The van der Waals surface area contributed by atoms with Crippen LogP contribution in [0.25, 0.3) is 0 Å². The molecule has 0 aromatic heterocycles. The van der Waals surface area contributed by atoms with E-state index in [1.54, 1.807) is 24.3 Å². The fourth-order valence-corrected chi connectivity index (χ4v) is 5.19. The number of amides is 2. The molecule has 9 heteroatoms. The Morgan fingerprint density at radius 1 is 1.21 bits per heavy atom. The van der Waals surface area contributed by atoms with Gasteiger partial charge >= 0.3 is 6.09 Å². The molecule has 2 aliphatic heterocycles. The predicted octanol–water partition coefficient (Wildman–Crippen LogP) is 2.42. The molecule has 0 spiro atoms. The molecule has 1 aromatic carbocycles. The Bertz CT molecular complexity index is 819. The summed E-state index contributed by atoms with van der Waals surface area (Å²) in [5.74, 6) is -0.235. The first kappa shape index (κ1) is 20.6. The van der Waals surface area contributed by atoms with Gasteiger partial charge in [-0.2, -0.15) is 0 Å². The van der Waals surface area contributed by atoms with E-state index >= 15 is 0 Å². The third-order valence-corrected chi connectivity index (χ3v) is 7.14. The van der Waals surface area contributed by atoms with Crippen LogP contribution in [0.1, 0.15) is 32.6 Å². The SMILES string of the molecule is CCCCS(=O)(=O)N1CCC(C(=O)Nc2ccccc2N2CCOC2=O)CC1. The van der Waals surface area contributed by atoms with Gasteiger partial charge in [-0.05, 0) is 31.4 Å². The summed E-state index contributed by atoms with van der Waals surface area (Å²) in [6, 6.07) is 7.12. The highest BCUT2D eigenvalue weighted by Gasteiger charge is 2.32. The number of hydrogen-bond acceptors (Lipinski definition) is 5. The molecule has 0 radical (unpaired) electrons. The molecule has 8 nitrogen and oxygen atoms in total. The van der Waals surface area contributed by atoms with Crippen molar-refractivity contribution in [3.8, 4) is 0 Å². The normalized spacial score (nSPS) is 18.9. The third kappa shape index (κ3) is 4.64. The lowest BCUT2D eigenvalue weighted by molar-refractivity contribution is -0.120. The molecular weight excluding hydrogens is 382 g/mol. The van der Waals surface area contributed by atoms with Gasteiger partial charge in [0.25, 0.3) is 0 Å². The van der Waals surface area contributed by atoms with Gasteiger partial charge in [0.15, 0.2) is 0 Å². The molecule has 2 saturated heterocycles. The molecule has 2 heterocycles. The van der Waals surface area contributed by atoms with E-state index in [1.165, 1.54) is 9.21 Å². The van der Waals surface area contributed by atoms with Gasteiger partial charge in [0, 0.05) is 19.0 Å². The Kier molecular flexibility index (Phi) is 6.56. The number of hydrogen-bond donors (Lipinski definition) is 1. The number of para-hydroxylation sites is 2. The number of anilines is 2. The highest BCUT2D eigenvalue weighted by atomic mass is 32.2. The first-order valence-corrected chi connectivity index (χ1v) is 11.4. The molecule has 0 saturated carbocycles. The molecule has 0 bridgehead atoms. The van der Waals surface area contributed by atoms with Crippen molar-refractivity contribution in [3.63, 3.8) is 0 Å². The van der Waals surface area contributed by atoms with Gasteiger partial charge in [-0.15, -0.1) is 0 Å². The van der Waals surface area contributed by atoms with Crippen LogP contribution >= 0.6 is 0 Å². The number of carbonyl (C=O) groups excluding carboxylic acids is 2. The highest BCUT2D eigenvalue weighted by Crippen LogP contribution is 2.29. The minimum absolute atomic E-state index is 0.148. The van der Waals surface area contributed by atoms with Crippen LogP contribution in [-0.2, 0) is 19.6 Å². The van der Waals surface area contributed by atoms with Crippen molar-refractivity contribution in [2.75, 3.05) is 42.2 Å². The highest BCUT2D eigenvalue weighted by molar-refractivity contribution is 7.89. The summed E-state index contributed by atoms with van der Waals surface area (Å²) in [6.07, 6.45) is 2.05. The van der Waals surface area contributed by atoms with E-state index in [9.17, 15) is 18.0 Å². The van der Waals surface area contributed by atoms with Gasteiger partial charge in [0.2, 0.25) is 15.9 Å². The topological polar surface area (TPSA) is 96.0 Å². The number of carbonyl (C=O) groups is 2. The lowest BCUT2D eigenvalue weighted by atomic mass is 9.97. The predicted molar refractivity (Wildman–Crippen MR) is 107 cm³/mol. The largest absolute Gasteiger partial charge is 0.447 e. The van der Waals surface area contributed by atoms with Gasteiger partial charge in [0.05, 0.1) is 23.7 Å². The number of benzene rings is 1. The first-order chi connectivity index (χ1) is 13.4. The lowest BCUT2D eigenvalue weighted by Gasteiger charge is -2.30. The summed E-state index contributed by atoms with van der Waals surface area (Å²) < 4.78 is 31.1. The minimum atomic E-state index is -3.23. The van der Waals surface area contributed by atoms with E-state index in [0.29, 0.717) is 56.9 Å². The second-order valence-electron chi connectivity index (χ2n) is 7.12. The summed E-state index contributed by atoms with van der Waals surface area (Å²) in [5, 5.41) is 2.91. The molecule has 28 heavy (non-hydrogen) atoms. The summed E-state index contributed by atoms with van der Waals surface area (Å²) in [5.41, 5.74) is 1.17. The van der Waals surface area contributed by atoms with Crippen molar-refractivity contribution in [2.24, 2.45) is 5.92 Å². The fourth-order valence-electron chi connectivity index (χ4n) is 3.51. The van der Waals surface area contributed by atoms with Crippen LogP contribution in [0.3, 0.4) is 0 Å². The Hall–Kier alpha value is -2.13. The summed E-state index contributed by atoms with van der Waals surface area (Å²) in [7, 11) is -3.23. The zero-order valence-electron chi connectivity index (χ0n) is 16.1. The van der Waals surface area contributed by atoms with E-state index in [0.717, 1.165) is 6.42 Å². The molecular formula is C19H27N3O5S.